The van der Waals surface area contributed by atoms with E-state index in [0.29, 0.717) is 83.4 Å². The van der Waals surface area contributed by atoms with Gasteiger partial charge in [-0.3, -0.25) is 14.3 Å². The summed E-state index contributed by atoms with van der Waals surface area (Å²) in [5.41, 5.74) is 6.54. The third kappa shape index (κ3) is 4.66. The lowest BCUT2D eigenvalue weighted by atomic mass is 9.95. The number of hydrogen-bond acceptors (Lipinski definition) is 11. The average Bonchev–Trinajstić information content (AvgIpc) is 3.28. The van der Waals surface area contributed by atoms with E-state index in [-0.39, 0.29) is 34.5 Å². The second-order valence-corrected chi connectivity index (χ2v) is 14.6. The first-order valence-corrected chi connectivity index (χ1v) is 16.9. The number of nitrogens with zero attached hydrogens (tertiary/aromatic N) is 7. The first-order chi connectivity index (χ1) is 21.8. The zero-order valence-corrected chi connectivity index (χ0v) is 25.7. The Kier molecular flexibility index (Phi) is 6.34. The van der Waals surface area contributed by atoms with Crippen molar-refractivity contribution in [1.29, 1.82) is 0 Å². The molecule has 236 valence electrons. The van der Waals surface area contributed by atoms with Gasteiger partial charge >= 0.3 is 6.01 Å². The summed E-state index contributed by atoms with van der Waals surface area (Å²) in [5.74, 6) is 0.844. The van der Waals surface area contributed by atoms with E-state index in [4.69, 9.17) is 25.4 Å². The number of hydrogen-bond donors (Lipinski definition) is 2. The number of nitrogens with one attached hydrogen (secondary N) is 1. The van der Waals surface area contributed by atoms with Gasteiger partial charge in [0.05, 0.1) is 15.8 Å². The summed E-state index contributed by atoms with van der Waals surface area (Å²) in [7, 11) is 0. The number of thiazole rings is 1. The molecular weight excluding hydrogens is 600 g/mol. The van der Waals surface area contributed by atoms with E-state index >= 15 is 0 Å². The van der Waals surface area contributed by atoms with Crippen molar-refractivity contribution in [3.63, 3.8) is 0 Å². The minimum atomic E-state index is -0.875. The lowest BCUT2D eigenvalue weighted by Crippen LogP contribution is -2.51. The highest BCUT2D eigenvalue weighted by Crippen LogP contribution is 2.41. The summed E-state index contributed by atoms with van der Waals surface area (Å²) in [6, 6.07) is 3.74. The largest absolute Gasteiger partial charge is 0.461 e. The van der Waals surface area contributed by atoms with Crippen molar-refractivity contribution >= 4 is 43.5 Å². The van der Waals surface area contributed by atoms with Crippen LogP contribution in [0.5, 0.6) is 6.01 Å². The molecule has 9 rings (SSSR count). The molecule has 5 aliphatic rings. The number of piperazine rings is 1. The van der Waals surface area contributed by atoms with E-state index in [0.717, 1.165) is 56.4 Å². The van der Waals surface area contributed by atoms with Crippen molar-refractivity contribution in [3.05, 3.63) is 28.3 Å². The van der Waals surface area contributed by atoms with Crippen molar-refractivity contribution in [2.75, 3.05) is 43.4 Å². The van der Waals surface area contributed by atoms with E-state index in [2.05, 4.69) is 20.1 Å². The van der Waals surface area contributed by atoms with Gasteiger partial charge in [-0.1, -0.05) is 11.3 Å². The number of nitrogen functional groups attached to an aromatic ring is 1. The second-order valence-electron chi connectivity index (χ2n) is 13.6. The van der Waals surface area contributed by atoms with Crippen molar-refractivity contribution in [1.82, 2.24) is 34.7 Å². The SMILES string of the molecule is Nc1nc2c(-c3nc4nc(OC[C@@]56CCCN5C[C@H](F)C6)nc(N5CC6CCC(C5)N6)c4c(=O)n3CC3CC3)ccc(F)c2s1. The van der Waals surface area contributed by atoms with Gasteiger partial charge in [-0.15, -0.1) is 0 Å². The van der Waals surface area contributed by atoms with Gasteiger partial charge in [-0.25, -0.2) is 18.7 Å². The molecule has 3 N–H and O–H groups in total. The zero-order valence-electron chi connectivity index (χ0n) is 24.8. The molecule has 14 heteroatoms. The number of rotatable bonds is 7. The Balaban J connectivity index is 1.21. The number of benzene rings is 1. The fourth-order valence-corrected chi connectivity index (χ4v) is 8.86. The summed E-state index contributed by atoms with van der Waals surface area (Å²) >= 11 is 1.07. The second kappa shape index (κ2) is 10.3. The maximum Gasteiger partial charge on any atom is 0.320 e. The fourth-order valence-electron chi connectivity index (χ4n) is 8.10. The van der Waals surface area contributed by atoms with Crippen molar-refractivity contribution in [2.24, 2.45) is 5.92 Å². The molecule has 0 amide bonds. The average molecular weight is 636 g/mol. The van der Waals surface area contributed by atoms with Gasteiger partial charge in [-0.2, -0.15) is 9.97 Å². The van der Waals surface area contributed by atoms with Crippen LogP contribution in [-0.2, 0) is 6.54 Å². The molecule has 2 bridgehead atoms. The monoisotopic (exact) mass is 635 g/mol. The van der Waals surface area contributed by atoms with Crippen LogP contribution < -0.4 is 26.2 Å². The van der Waals surface area contributed by atoms with Gasteiger partial charge in [0, 0.05) is 50.2 Å². The quantitative estimate of drug-likeness (QED) is 0.312. The Morgan fingerprint density at radius 2 is 1.91 bits per heavy atom. The van der Waals surface area contributed by atoms with E-state index < -0.39 is 12.0 Å². The number of ether oxygens (including phenoxy) is 1. The predicted octanol–water partition coefficient (Wildman–Crippen LogP) is 3.49. The first kappa shape index (κ1) is 27.8. The van der Waals surface area contributed by atoms with Crippen LogP contribution >= 0.6 is 11.3 Å². The molecular formula is C31H35F2N9O2S. The Morgan fingerprint density at radius 3 is 2.71 bits per heavy atom. The molecule has 0 radical (unpaired) electrons. The molecule has 11 nitrogen and oxygen atoms in total. The number of nitrogens with two attached hydrogens (primary N) is 1. The molecule has 4 aliphatic heterocycles. The number of alkyl halides is 1. The summed E-state index contributed by atoms with van der Waals surface area (Å²) in [5, 5.41) is 4.25. The third-order valence-corrected chi connectivity index (χ3v) is 11.3. The molecule has 4 atom stereocenters. The van der Waals surface area contributed by atoms with Crippen LogP contribution in [0.3, 0.4) is 0 Å². The van der Waals surface area contributed by atoms with Crippen LogP contribution in [0.1, 0.15) is 44.9 Å². The highest BCUT2D eigenvalue weighted by molar-refractivity contribution is 7.22. The summed E-state index contributed by atoms with van der Waals surface area (Å²) in [4.78, 5) is 38.0. The van der Waals surface area contributed by atoms with Gasteiger partial charge in [0.1, 0.15) is 29.8 Å². The Hall–Kier alpha value is -3.49. The van der Waals surface area contributed by atoms with Crippen molar-refractivity contribution in [3.8, 4) is 17.4 Å². The van der Waals surface area contributed by atoms with Crippen LogP contribution in [0.15, 0.2) is 16.9 Å². The molecule has 1 aromatic carbocycles. The van der Waals surface area contributed by atoms with Crippen LogP contribution in [0.2, 0.25) is 0 Å². The number of aromatic nitrogens is 5. The predicted molar refractivity (Wildman–Crippen MR) is 168 cm³/mol. The van der Waals surface area contributed by atoms with Gasteiger partial charge < -0.3 is 20.7 Å². The minimum absolute atomic E-state index is 0.131. The van der Waals surface area contributed by atoms with Crippen LogP contribution in [-0.4, -0.2) is 86.0 Å². The molecule has 45 heavy (non-hydrogen) atoms. The van der Waals surface area contributed by atoms with Gasteiger partial charge in [0.25, 0.3) is 5.56 Å². The van der Waals surface area contributed by atoms with Gasteiger partial charge in [0.2, 0.25) is 0 Å². The van der Waals surface area contributed by atoms with Gasteiger partial charge in [0.15, 0.2) is 16.6 Å². The normalized spacial score (nSPS) is 28.0. The van der Waals surface area contributed by atoms with E-state index in [1.54, 1.807) is 10.6 Å². The molecule has 5 fully saturated rings. The van der Waals surface area contributed by atoms with E-state index in [9.17, 15) is 13.6 Å². The smallest absolute Gasteiger partial charge is 0.320 e. The summed E-state index contributed by atoms with van der Waals surface area (Å²) < 4.78 is 37.7. The Morgan fingerprint density at radius 1 is 1.09 bits per heavy atom. The third-order valence-electron chi connectivity index (χ3n) is 10.4. The summed E-state index contributed by atoms with van der Waals surface area (Å²) in [6.07, 6.45) is 5.62. The Bertz CT molecular complexity index is 1880. The summed E-state index contributed by atoms with van der Waals surface area (Å²) in [6.45, 7) is 3.47. The number of anilines is 2. The fraction of sp³-hybridized carbons (Fsp3) is 0.581. The molecule has 0 spiro atoms. The van der Waals surface area contributed by atoms with Gasteiger partial charge in [-0.05, 0) is 63.1 Å². The van der Waals surface area contributed by atoms with Crippen molar-refractivity contribution < 1.29 is 13.5 Å². The van der Waals surface area contributed by atoms with Crippen molar-refractivity contribution in [2.45, 2.75) is 75.3 Å². The van der Waals surface area contributed by atoms with Crippen LogP contribution in [0, 0.1) is 11.7 Å². The number of fused-ring (bicyclic) bond motifs is 5. The lowest BCUT2D eigenvalue weighted by Gasteiger charge is -2.34. The lowest BCUT2D eigenvalue weighted by molar-refractivity contribution is 0.107. The molecule has 1 saturated carbocycles. The standard InChI is InChI=1S/C31H35F2N9O2S/c32-17-10-31(8-1-9-41(31)12-17)15-44-30-38-25-22(27(39-30)40-13-18-4-5-19(14-40)35-18)28(43)42(11-16-2-3-16)26(37-25)20-6-7-21(33)24-23(20)36-29(34)45-24/h6-7,16-19,35H,1-5,8-15H2,(H2,34,36)/t17-,18?,19?,31+/m1/s1. The topological polar surface area (TPSA) is 127 Å². The maximum atomic E-state index is 14.8. The molecule has 3 aromatic heterocycles. The van der Waals surface area contributed by atoms with Crippen LogP contribution in [0.4, 0.5) is 19.7 Å². The van der Waals surface area contributed by atoms with E-state index in [1.807, 2.05) is 0 Å². The molecule has 7 heterocycles. The molecule has 4 aromatic rings. The molecule has 1 aliphatic carbocycles. The number of halogens is 2. The molecule has 2 unspecified atom stereocenters. The zero-order chi connectivity index (χ0) is 30.4. The molecule has 4 saturated heterocycles. The highest BCUT2D eigenvalue weighted by atomic mass is 32.1. The highest BCUT2D eigenvalue weighted by Gasteiger charge is 2.49. The van der Waals surface area contributed by atoms with E-state index in [1.165, 1.54) is 6.07 Å². The minimum Gasteiger partial charge on any atom is -0.461 e. The Labute approximate surface area is 261 Å². The maximum absolute atomic E-state index is 14.8. The van der Waals surface area contributed by atoms with Crippen LogP contribution in [0.25, 0.3) is 32.6 Å². The first-order valence-electron chi connectivity index (χ1n) is 16.0.